The first-order valence-electron chi connectivity index (χ1n) is 23.6. The number of aliphatic hydroxyl groups excluding tert-OH is 3. The predicted octanol–water partition coefficient (Wildman–Crippen LogP) is 10.7. The van der Waals surface area contributed by atoms with Gasteiger partial charge in [-0.15, -0.1) is 0 Å². The van der Waals surface area contributed by atoms with Crippen LogP contribution in [-0.4, -0.2) is 95.0 Å². The molecule has 5 atom stereocenters. The number of esters is 2. The van der Waals surface area contributed by atoms with E-state index in [0.717, 1.165) is 83.5 Å². The van der Waals surface area contributed by atoms with Gasteiger partial charge in [-0.2, -0.15) is 0 Å². The van der Waals surface area contributed by atoms with E-state index in [9.17, 15) is 43.8 Å². The molecule has 0 saturated carbocycles. The number of carbonyl (C=O) groups is 2. The Morgan fingerprint density at radius 1 is 0.424 bits per heavy atom. The van der Waals surface area contributed by atoms with Gasteiger partial charge in [0, 0.05) is 12.8 Å². The Morgan fingerprint density at radius 3 is 1.20 bits per heavy atom. The van der Waals surface area contributed by atoms with Gasteiger partial charge in [0.2, 0.25) is 0 Å². The van der Waals surface area contributed by atoms with Crippen molar-refractivity contribution in [3.63, 3.8) is 0 Å². The van der Waals surface area contributed by atoms with Gasteiger partial charge in [-0.3, -0.25) is 27.7 Å². The fourth-order valence-electron chi connectivity index (χ4n) is 5.44. The predicted molar refractivity (Wildman–Crippen MR) is 260 cm³/mol. The molecule has 0 heterocycles. The highest BCUT2D eigenvalue weighted by molar-refractivity contribution is 7.47. The molecular formula is C49H82O15P2. The molecule has 378 valence electrons. The average molecular weight is 973 g/mol. The Hall–Kier alpha value is -3.04. The summed E-state index contributed by atoms with van der Waals surface area (Å²) in [5, 5.41) is 30.0. The van der Waals surface area contributed by atoms with E-state index in [0.29, 0.717) is 12.8 Å². The minimum Gasteiger partial charge on any atom is -0.463 e. The zero-order valence-electron chi connectivity index (χ0n) is 39.6. The Bertz CT molecular complexity index is 1550. The van der Waals surface area contributed by atoms with Crippen LogP contribution < -0.4 is 0 Å². The van der Waals surface area contributed by atoms with Gasteiger partial charge >= 0.3 is 27.6 Å². The number of ether oxygens (including phenoxy) is 2. The third kappa shape index (κ3) is 46.1. The summed E-state index contributed by atoms with van der Waals surface area (Å²) in [5.74, 6) is -1.05. The summed E-state index contributed by atoms with van der Waals surface area (Å²) in [5.41, 5.74) is 0. The molecule has 0 saturated heterocycles. The zero-order chi connectivity index (χ0) is 48.8. The van der Waals surface area contributed by atoms with Crippen molar-refractivity contribution in [1.82, 2.24) is 0 Å². The van der Waals surface area contributed by atoms with Gasteiger partial charge in [-0.1, -0.05) is 150 Å². The molecule has 0 aliphatic heterocycles. The summed E-state index contributed by atoms with van der Waals surface area (Å²) >= 11 is 0. The van der Waals surface area contributed by atoms with Crippen LogP contribution in [0.4, 0.5) is 0 Å². The van der Waals surface area contributed by atoms with E-state index in [2.05, 4.69) is 92.7 Å². The van der Waals surface area contributed by atoms with Gasteiger partial charge < -0.3 is 34.6 Å². The van der Waals surface area contributed by atoms with Gasteiger partial charge in [-0.05, 0) is 77.0 Å². The molecule has 5 N–H and O–H groups in total. The number of hydrogen-bond donors (Lipinski definition) is 5. The van der Waals surface area contributed by atoms with Crippen LogP contribution in [-0.2, 0) is 46.3 Å². The van der Waals surface area contributed by atoms with Crippen LogP contribution in [0.15, 0.2) is 97.2 Å². The highest BCUT2D eigenvalue weighted by atomic mass is 31.2. The molecule has 15 nitrogen and oxygen atoms in total. The van der Waals surface area contributed by atoms with Crippen molar-refractivity contribution in [1.29, 1.82) is 0 Å². The van der Waals surface area contributed by atoms with Crippen molar-refractivity contribution in [2.75, 3.05) is 39.6 Å². The maximum Gasteiger partial charge on any atom is 0.472 e. The molecule has 17 heteroatoms. The molecule has 0 aliphatic rings. The first-order chi connectivity index (χ1) is 31.8. The number of rotatable bonds is 44. The maximum absolute atomic E-state index is 12.2. The zero-order valence-corrected chi connectivity index (χ0v) is 41.4. The molecule has 0 bridgehead atoms. The molecular weight excluding hydrogens is 890 g/mol. The van der Waals surface area contributed by atoms with Crippen molar-refractivity contribution < 1.29 is 71.4 Å². The number of hydrogen-bond acceptors (Lipinski definition) is 13. The van der Waals surface area contributed by atoms with Crippen molar-refractivity contribution in [3.8, 4) is 0 Å². The fraction of sp³-hybridized carbons (Fsp3) is 0.633. The number of phosphoric ester groups is 2. The Morgan fingerprint density at radius 2 is 0.758 bits per heavy atom. The number of carbonyl (C=O) groups excluding carboxylic acids is 2. The van der Waals surface area contributed by atoms with Crippen LogP contribution in [0.2, 0.25) is 0 Å². The minimum atomic E-state index is -4.80. The number of allylic oxidation sites excluding steroid dienone is 16. The van der Waals surface area contributed by atoms with Crippen LogP contribution in [0, 0.1) is 0 Å². The van der Waals surface area contributed by atoms with E-state index in [1.54, 1.807) is 0 Å². The minimum absolute atomic E-state index is 0.154. The lowest BCUT2D eigenvalue weighted by molar-refractivity contribution is -0.148. The van der Waals surface area contributed by atoms with Crippen molar-refractivity contribution in [2.45, 2.75) is 161 Å². The van der Waals surface area contributed by atoms with E-state index in [1.807, 2.05) is 36.5 Å². The Kier molecular flexibility index (Phi) is 42.4. The second kappa shape index (κ2) is 44.5. The van der Waals surface area contributed by atoms with Gasteiger partial charge in [0.1, 0.15) is 31.5 Å². The Labute approximate surface area is 395 Å². The average Bonchev–Trinajstić information content (AvgIpc) is 3.29. The molecule has 0 rings (SSSR count). The second-order valence-corrected chi connectivity index (χ2v) is 18.4. The topological polar surface area (TPSA) is 225 Å². The molecule has 0 fully saturated rings. The number of aliphatic hydroxyl groups is 3. The summed E-state index contributed by atoms with van der Waals surface area (Å²) in [6, 6.07) is 0. The van der Waals surface area contributed by atoms with Crippen molar-refractivity contribution in [3.05, 3.63) is 97.2 Å². The van der Waals surface area contributed by atoms with Crippen LogP contribution in [0.25, 0.3) is 0 Å². The lowest BCUT2D eigenvalue weighted by Crippen LogP contribution is -2.25. The first-order valence-corrected chi connectivity index (χ1v) is 26.6. The van der Waals surface area contributed by atoms with E-state index >= 15 is 0 Å². The number of unbranched alkanes of at least 4 members (excludes halogenated alkanes) is 11. The van der Waals surface area contributed by atoms with Crippen LogP contribution in [0.5, 0.6) is 0 Å². The summed E-state index contributed by atoms with van der Waals surface area (Å²) in [4.78, 5) is 43.7. The Balaban J connectivity index is 3.97. The summed E-state index contributed by atoms with van der Waals surface area (Å²) in [6.07, 6.45) is 46.8. The summed E-state index contributed by atoms with van der Waals surface area (Å²) < 4.78 is 52.9. The molecule has 0 spiro atoms. The number of phosphoric acid groups is 2. The normalized spacial score (nSPS) is 15.9. The highest BCUT2D eigenvalue weighted by Crippen LogP contribution is 2.45. The van der Waals surface area contributed by atoms with Gasteiger partial charge in [0.15, 0.2) is 0 Å². The quantitative estimate of drug-likeness (QED) is 0.0126. The SMILES string of the molecule is CC/C=C/C=C/C=C/C=C\CCCCCCCC(=O)OCC(O)COP(=O)(O)OCC(O)COP(=O)(O)OCC(O)COC(=O)CCCCC/C=C\C/C=C\C/C=C\C/C=C\CCCCC. The van der Waals surface area contributed by atoms with Gasteiger partial charge in [0.25, 0.3) is 0 Å². The molecule has 0 aromatic rings. The molecule has 0 aromatic carbocycles. The summed E-state index contributed by atoms with van der Waals surface area (Å²) in [6.45, 7) is 0.152. The maximum atomic E-state index is 12.2. The first kappa shape index (κ1) is 63.0. The molecule has 0 amide bonds. The van der Waals surface area contributed by atoms with Crippen molar-refractivity contribution in [2.24, 2.45) is 0 Å². The second-order valence-electron chi connectivity index (χ2n) is 15.5. The van der Waals surface area contributed by atoms with E-state index in [4.69, 9.17) is 9.47 Å². The molecule has 0 aromatic heterocycles. The van der Waals surface area contributed by atoms with E-state index < -0.39 is 85.5 Å². The lowest BCUT2D eigenvalue weighted by atomic mass is 10.1. The van der Waals surface area contributed by atoms with Gasteiger partial charge in [-0.25, -0.2) is 9.13 Å². The molecule has 0 aliphatic carbocycles. The van der Waals surface area contributed by atoms with Gasteiger partial charge in [0.05, 0.1) is 26.4 Å². The van der Waals surface area contributed by atoms with Crippen LogP contribution in [0.3, 0.4) is 0 Å². The van der Waals surface area contributed by atoms with E-state index in [1.165, 1.54) is 19.3 Å². The van der Waals surface area contributed by atoms with Crippen molar-refractivity contribution >= 4 is 27.6 Å². The smallest absolute Gasteiger partial charge is 0.463 e. The third-order valence-electron chi connectivity index (χ3n) is 9.12. The third-order valence-corrected chi connectivity index (χ3v) is 11.0. The molecule has 5 unspecified atom stereocenters. The van der Waals surface area contributed by atoms with Crippen LogP contribution >= 0.6 is 15.6 Å². The highest BCUT2D eigenvalue weighted by Gasteiger charge is 2.28. The van der Waals surface area contributed by atoms with E-state index in [-0.39, 0.29) is 12.8 Å². The van der Waals surface area contributed by atoms with Crippen LogP contribution in [0.1, 0.15) is 142 Å². The monoisotopic (exact) mass is 973 g/mol. The molecule has 66 heavy (non-hydrogen) atoms. The lowest BCUT2D eigenvalue weighted by Gasteiger charge is -2.19. The summed E-state index contributed by atoms with van der Waals surface area (Å²) in [7, 11) is -9.60. The fourth-order valence-corrected chi connectivity index (χ4v) is 7.03. The standard InChI is InChI=1S/C49H82O15P2/c1-3-5-7-9-11-13-15-17-19-20-21-22-24-26-28-30-32-34-36-38-49(54)60-40-46(51)42-62-66(57,58)64-44-47(52)43-63-65(55,56)61-41-45(50)39-59-48(53)37-35-33-31-29-27-25-23-18-16-14-12-10-8-6-4-2/h6,8,10-14,16-19,21-23,26,28,45-47,50-52H,3-5,7,9,15,20,24-25,27,29-44H2,1-2H3,(H,55,56)(H,57,58)/b8-6+,12-10+,13-11-,16-14+,19-17-,22-21-,23-18-,28-26-. The molecule has 0 radical (unpaired) electrons. The largest absolute Gasteiger partial charge is 0.472 e.